The lowest BCUT2D eigenvalue weighted by molar-refractivity contribution is -0.121. The molecule has 0 saturated carbocycles. The number of hydrogen-bond acceptors (Lipinski definition) is 5. The van der Waals surface area contributed by atoms with Gasteiger partial charge in [0.1, 0.15) is 5.75 Å². The molecule has 0 radical (unpaired) electrons. The second kappa shape index (κ2) is 7.89. The predicted molar refractivity (Wildman–Crippen MR) is 112 cm³/mol. The number of ether oxygens (including phenoxy) is 1. The molecule has 146 valence electrons. The van der Waals surface area contributed by atoms with Gasteiger partial charge in [-0.25, -0.2) is 4.98 Å². The van der Waals surface area contributed by atoms with Crippen molar-refractivity contribution in [3.8, 4) is 17.0 Å². The Morgan fingerprint density at radius 2 is 2.11 bits per heavy atom. The normalized spacial score (nSPS) is 15.7. The van der Waals surface area contributed by atoms with Gasteiger partial charge >= 0.3 is 0 Å². The van der Waals surface area contributed by atoms with Crippen LogP contribution in [-0.2, 0) is 4.79 Å². The molecule has 3 aromatic rings. The highest BCUT2D eigenvalue weighted by atomic mass is 79.9. The smallest absolute Gasteiger partial charge is 0.228 e. The Kier molecular flexibility index (Phi) is 5.32. The van der Waals surface area contributed by atoms with E-state index in [4.69, 9.17) is 9.72 Å². The molecule has 1 aliphatic heterocycles. The van der Waals surface area contributed by atoms with Gasteiger partial charge in [0.15, 0.2) is 11.5 Å². The first-order valence-corrected chi connectivity index (χ1v) is 10.0. The van der Waals surface area contributed by atoms with Crippen LogP contribution in [0.4, 0.5) is 5.82 Å². The summed E-state index contributed by atoms with van der Waals surface area (Å²) in [4.78, 5) is 19.6. The minimum Gasteiger partial charge on any atom is -0.497 e. The van der Waals surface area contributed by atoms with Crippen molar-refractivity contribution < 1.29 is 9.53 Å². The fraction of sp³-hybridized carbons (Fsp3) is 0.350. The highest BCUT2D eigenvalue weighted by molar-refractivity contribution is 9.10. The molecule has 1 fully saturated rings. The Morgan fingerprint density at radius 3 is 2.86 bits per heavy atom. The van der Waals surface area contributed by atoms with E-state index in [2.05, 4.69) is 43.4 Å². The Morgan fingerprint density at radius 1 is 1.32 bits per heavy atom. The molecule has 0 atom stereocenters. The zero-order valence-corrected chi connectivity index (χ0v) is 17.4. The maximum atomic E-state index is 12.6. The van der Waals surface area contributed by atoms with Crippen LogP contribution in [0.2, 0.25) is 0 Å². The van der Waals surface area contributed by atoms with Crippen molar-refractivity contribution in [3.05, 3.63) is 34.8 Å². The summed E-state index contributed by atoms with van der Waals surface area (Å²) in [6.45, 7) is 1.88. The molecule has 0 aliphatic carbocycles. The van der Waals surface area contributed by atoms with E-state index < -0.39 is 0 Å². The number of nitrogens with one attached hydrogen (secondary N) is 2. The summed E-state index contributed by atoms with van der Waals surface area (Å²) in [6.07, 6.45) is 1.74. The minimum atomic E-state index is 0.0227. The maximum Gasteiger partial charge on any atom is 0.228 e. The third-order valence-electron chi connectivity index (χ3n) is 5.18. The van der Waals surface area contributed by atoms with Crippen LogP contribution in [0.3, 0.4) is 0 Å². The molecule has 1 amide bonds. The number of nitrogens with zero attached hydrogens (tertiary/aromatic N) is 3. The van der Waals surface area contributed by atoms with Gasteiger partial charge in [-0.2, -0.15) is 5.10 Å². The fourth-order valence-electron chi connectivity index (χ4n) is 3.48. The highest BCUT2D eigenvalue weighted by Crippen LogP contribution is 2.33. The van der Waals surface area contributed by atoms with Crippen LogP contribution < -0.4 is 10.1 Å². The first-order chi connectivity index (χ1) is 13.5. The molecule has 0 unspecified atom stereocenters. The lowest BCUT2D eigenvalue weighted by atomic mass is 9.96. The summed E-state index contributed by atoms with van der Waals surface area (Å²) in [5.74, 6) is 1.33. The van der Waals surface area contributed by atoms with Crippen LogP contribution in [-0.4, -0.2) is 53.2 Å². The van der Waals surface area contributed by atoms with Gasteiger partial charge in [0.2, 0.25) is 5.91 Å². The van der Waals surface area contributed by atoms with E-state index in [0.29, 0.717) is 11.5 Å². The standard InChI is InChI=1S/C20H22BrN5O2/c1-26-8-6-12(7-9-26)20(27)23-19-15-11-16(21)17(22-18(15)24-25-19)13-4-3-5-14(10-13)28-2/h3-5,10-12H,6-9H2,1-2H3,(H2,22,23,24,25,27). The predicted octanol–water partition coefficient (Wildman–Crippen LogP) is 3.68. The topological polar surface area (TPSA) is 83.1 Å². The summed E-state index contributed by atoms with van der Waals surface area (Å²) in [6, 6.07) is 9.65. The summed E-state index contributed by atoms with van der Waals surface area (Å²) < 4.78 is 6.13. The molecule has 3 heterocycles. The molecule has 1 saturated heterocycles. The lowest BCUT2D eigenvalue weighted by Gasteiger charge is -2.27. The minimum absolute atomic E-state index is 0.0227. The van der Waals surface area contributed by atoms with Crippen molar-refractivity contribution in [2.24, 2.45) is 5.92 Å². The van der Waals surface area contributed by atoms with Crippen LogP contribution in [0, 0.1) is 5.92 Å². The number of hydrogen-bond donors (Lipinski definition) is 2. The van der Waals surface area contributed by atoms with Gasteiger partial charge in [0.25, 0.3) is 0 Å². The molecule has 8 heteroatoms. The zero-order chi connectivity index (χ0) is 19.7. The van der Waals surface area contributed by atoms with E-state index in [1.54, 1.807) is 7.11 Å². The number of rotatable bonds is 4. The number of carbonyl (C=O) groups excluding carboxylic acids is 1. The van der Waals surface area contributed by atoms with Gasteiger partial charge < -0.3 is 15.0 Å². The molecular formula is C20H22BrN5O2. The molecule has 0 spiro atoms. The number of anilines is 1. The van der Waals surface area contributed by atoms with Crippen LogP contribution >= 0.6 is 15.9 Å². The van der Waals surface area contributed by atoms with Crippen LogP contribution in [0.25, 0.3) is 22.3 Å². The number of methoxy groups -OCH3 is 1. The Bertz CT molecular complexity index is 1010. The Balaban J connectivity index is 1.60. The highest BCUT2D eigenvalue weighted by Gasteiger charge is 2.24. The third kappa shape index (κ3) is 3.74. The van der Waals surface area contributed by atoms with Gasteiger partial charge in [0, 0.05) is 16.0 Å². The number of pyridine rings is 1. The van der Waals surface area contributed by atoms with Crippen molar-refractivity contribution in [2.45, 2.75) is 12.8 Å². The molecular weight excluding hydrogens is 422 g/mol. The first-order valence-electron chi connectivity index (χ1n) is 9.23. The molecule has 2 N–H and O–H groups in total. The molecule has 2 aromatic heterocycles. The van der Waals surface area contributed by atoms with E-state index >= 15 is 0 Å². The number of fused-ring (bicyclic) bond motifs is 1. The largest absolute Gasteiger partial charge is 0.497 e. The van der Waals surface area contributed by atoms with E-state index in [9.17, 15) is 4.79 Å². The SMILES string of the molecule is COc1cccc(-c2nc3[nH]nc(NC(=O)C4CCN(C)CC4)c3cc2Br)c1. The molecule has 28 heavy (non-hydrogen) atoms. The van der Waals surface area contributed by atoms with Crippen LogP contribution in [0.1, 0.15) is 12.8 Å². The van der Waals surface area contributed by atoms with Crippen molar-refractivity contribution in [2.75, 3.05) is 32.6 Å². The number of amides is 1. The number of likely N-dealkylation sites (tertiary alicyclic amines) is 1. The van der Waals surface area contributed by atoms with Crippen molar-refractivity contribution in [1.82, 2.24) is 20.1 Å². The van der Waals surface area contributed by atoms with Crippen molar-refractivity contribution in [1.29, 1.82) is 0 Å². The number of benzene rings is 1. The average Bonchev–Trinajstić information content (AvgIpc) is 3.09. The Labute approximate surface area is 171 Å². The van der Waals surface area contributed by atoms with E-state index in [1.165, 1.54) is 0 Å². The van der Waals surface area contributed by atoms with E-state index in [-0.39, 0.29) is 11.8 Å². The van der Waals surface area contributed by atoms with Gasteiger partial charge in [-0.3, -0.25) is 9.89 Å². The summed E-state index contributed by atoms with van der Waals surface area (Å²) >= 11 is 3.61. The first kappa shape index (κ1) is 18.9. The number of H-pyrrole nitrogens is 1. The van der Waals surface area contributed by atoms with Crippen LogP contribution in [0.15, 0.2) is 34.8 Å². The van der Waals surface area contributed by atoms with Crippen molar-refractivity contribution in [3.63, 3.8) is 0 Å². The summed E-state index contributed by atoms with van der Waals surface area (Å²) in [5.41, 5.74) is 2.34. The maximum absolute atomic E-state index is 12.6. The van der Waals surface area contributed by atoms with Crippen molar-refractivity contribution >= 4 is 38.7 Å². The second-order valence-corrected chi connectivity index (χ2v) is 7.94. The number of carbonyl (C=O) groups is 1. The average molecular weight is 444 g/mol. The molecule has 1 aliphatic rings. The molecule has 4 rings (SSSR count). The molecule has 7 nitrogen and oxygen atoms in total. The van der Waals surface area contributed by atoms with Crippen LogP contribution in [0.5, 0.6) is 5.75 Å². The quantitative estimate of drug-likeness (QED) is 0.642. The third-order valence-corrected chi connectivity index (χ3v) is 5.78. The van der Waals surface area contributed by atoms with Gasteiger partial charge in [-0.15, -0.1) is 0 Å². The van der Waals surface area contributed by atoms with Gasteiger partial charge in [-0.1, -0.05) is 12.1 Å². The second-order valence-electron chi connectivity index (χ2n) is 7.09. The number of halogens is 1. The summed E-state index contributed by atoms with van der Waals surface area (Å²) in [5, 5.41) is 11.0. The van der Waals surface area contributed by atoms with Gasteiger partial charge in [-0.05, 0) is 67.1 Å². The number of aromatic nitrogens is 3. The lowest BCUT2D eigenvalue weighted by Crippen LogP contribution is -2.36. The van der Waals surface area contributed by atoms with E-state index in [1.807, 2.05) is 30.3 Å². The molecule has 0 bridgehead atoms. The Hall–Kier alpha value is -2.45. The summed E-state index contributed by atoms with van der Waals surface area (Å²) in [7, 11) is 3.72. The van der Waals surface area contributed by atoms with Gasteiger partial charge in [0.05, 0.1) is 18.2 Å². The monoisotopic (exact) mass is 443 g/mol. The number of aromatic amines is 1. The zero-order valence-electron chi connectivity index (χ0n) is 15.8. The number of piperidine rings is 1. The molecule has 1 aromatic carbocycles. The fourth-order valence-corrected chi connectivity index (χ4v) is 4.03. The van der Waals surface area contributed by atoms with E-state index in [0.717, 1.165) is 52.8 Å².